The van der Waals surface area contributed by atoms with Crippen LogP contribution in [0.25, 0.3) is 10.8 Å². The molecule has 0 aliphatic carbocycles. The minimum Gasteiger partial charge on any atom is -0.508 e. The first-order chi connectivity index (χ1) is 6.61. The van der Waals surface area contributed by atoms with Crippen molar-refractivity contribution in [2.45, 2.75) is 20.8 Å². The van der Waals surface area contributed by atoms with Gasteiger partial charge in [0.05, 0.1) is 0 Å². The van der Waals surface area contributed by atoms with E-state index in [-0.39, 0.29) is 0 Å². The summed E-state index contributed by atoms with van der Waals surface area (Å²) < 4.78 is 0. The highest BCUT2D eigenvalue weighted by Crippen LogP contribution is 2.30. The molecule has 14 heavy (non-hydrogen) atoms. The number of phenolic OH excluding ortho intramolecular Hbond substituents is 1. The summed E-state index contributed by atoms with van der Waals surface area (Å²) in [5.74, 6) is 0.389. The molecule has 0 spiro atoms. The summed E-state index contributed by atoms with van der Waals surface area (Å²) in [6.07, 6.45) is 0. The van der Waals surface area contributed by atoms with Gasteiger partial charge in [0.15, 0.2) is 0 Å². The quantitative estimate of drug-likeness (QED) is 0.668. The number of aromatic hydroxyl groups is 1. The van der Waals surface area contributed by atoms with Crippen LogP contribution >= 0.6 is 0 Å². The van der Waals surface area contributed by atoms with Crippen LogP contribution in [-0.2, 0) is 0 Å². The van der Waals surface area contributed by atoms with Gasteiger partial charge in [0.2, 0.25) is 0 Å². The van der Waals surface area contributed by atoms with Gasteiger partial charge in [0.1, 0.15) is 5.75 Å². The van der Waals surface area contributed by atoms with E-state index in [0.717, 1.165) is 10.9 Å². The van der Waals surface area contributed by atoms with Crippen LogP contribution < -0.4 is 0 Å². The number of hydrogen-bond donors (Lipinski definition) is 1. The van der Waals surface area contributed by atoms with E-state index in [1.54, 1.807) is 0 Å². The number of benzene rings is 2. The molecule has 0 unspecified atom stereocenters. The molecule has 1 heteroatoms. The van der Waals surface area contributed by atoms with Gasteiger partial charge in [-0.3, -0.25) is 0 Å². The van der Waals surface area contributed by atoms with Gasteiger partial charge in [-0.15, -0.1) is 0 Å². The van der Waals surface area contributed by atoms with Crippen LogP contribution in [0.4, 0.5) is 0 Å². The fraction of sp³-hybridized carbons (Fsp3) is 0.231. The molecule has 2 aromatic rings. The predicted octanol–water partition coefficient (Wildman–Crippen LogP) is 3.47. The Hall–Kier alpha value is -1.50. The molecule has 0 saturated carbocycles. The molecule has 0 aromatic heterocycles. The molecule has 1 nitrogen and oxygen atoms in total. The molecule has 0 heterocycles. The molecule has 0 aliphatic heterocycles. The zero-order chi connectivity index (χ0) is 10.3. The normalized spacial score (nSPS) is 10.8. The van der Waals surface area contributed by atoms with E-state index in [1.165, 1.54) is 16.5 Å². The Bertz CT molecular complexity index is 498. The Morgan fingerprint density at radius 3 is 2.43 bits per heavy atom. The molecule has 0 fully saturated rings. The van der Waals surface area contributed by atoms with Gasteiger partial charge < -0.3 is 5.11 Å². The lowest BCUT2D eigenvalue weighted by atomic mass is 9.96. The minimum absolute atomic E-state index is 0.389. The van der Waals surface area contributed by atoms with Crippen molar-refractivity contribution >= 4 is 10.8 Å². The lowest BCUT2D eigenvalue weighted by molar-refractivity contribution is 0.471. The monoisotopic (exact) mass is 186 g/mol. The van der Waals surface area contributed by atoms with Gasteiger partial charge in [-0.05, 0) is 54.3 Å². The van der Waals surface area contributed by atoms with Crippen LogP contribution in [-0.4, -0.2) is 5.11 Å². The van der Waals surface area contributed by atoms with E-state index < -0.39 is 0 Å². The zero-order valence-electron chi connectivity index (χ0n) is 8.76. The standard InChI is InChI=1S/C13H14O/c1-8-5-4-6-11-7-12(14)9(2)10(3)13(8)11/h4-7,14H,1-3H3. The summed E-state index contributed by atoms with van der Waals surface area (Å²) in [5, 5.41) is 12.1. The van der Waals surface area contributed by atoms with E-state index in [9.17, 15) is 5.11 Å². The van der Waals surface area contributed by atoms with Crippen LogP contribution in [0.2, 0.25) is 0 Å². The largest absolute Gasteiger partial charge is 0.508 e. The topological polar surface area (TPSA) is 20.2 Å². The average molecular weight is 186 g/mol. The van der Waals surface area contributed by atoms with E-state index in [4.69, 9.17) is 0 Å². The fourth-order valence-electron chi connectivity index (χ4n) is 1.96. The summed E-state index contributed by atoms with van der Waals surface area (Å²) in [4.78, 5) is 0. The first-order valence-electron chi connectivity index (χ1n) is 4.79. The van der Waals surface area contributed by atoms with Crippen molar-refractivity contribution in [1.29, 1.82) is 0 Å². The van der Waals surface area contributed by atoms with Crippen molar-refractivity contribution in [1.82, 2.24) is 0 Å². The second kappa shape index (κ2) is 3.02. The van der Waals surface area contributed by atoms with Gasteiger partial charge in [-0.25, -0.2) is 0 Å². The van der Waals surface area contributed by atoms with Gasteiger partial charge >= 0.3 is 0 Å². The second-order valence-corrected chi connectivity index (χ2v) is 3.82. The molecule has 72 valence electrons. The maximum Gasteiger partial charge on any atom is 0.119 e. The molecule has 1 N–H and O–H groups in total. The summed E-state index contributed by atoms with van der Waals surface area (Å²) >= 11 is 0. The third-order valence-electron chi connectivity index (χ3n) is 2.92. The van der Waals surface area contributed by atoms with Gasteiger partial charge in [0, 0.05) is 0 Å². The SMILES string of the molecule is Cc1c(O)cc2cccc(C)c2c1C. The van der Waals surface area contributed by atoms with Gasteiger partial charge in [0.25, 0.3) is 0 Å². The summed E-state index contributed by atoms with van der Waals surface area (Å²) in [7, 11) is 0. The van der Waals surface area contributed by atoms with E-state index in [0.29, 0.717) is 5.75 Å². The Labute approximate surface area is 84.0 Å². The molecule has 0 radical (unpaired) electrons. The third kappa shape index (κ3) is 1.17. The Morgan fingerprint density at radius 1 is 1.00 bits per heavy atom. The first kappa shape index (κ1) is 9.07. The van der Waals surface area contributed by atoms with Crippen LogP contribution in [0, 0.1) is 20.8 Å². The molecule has 0 atom stereocenters. The number of rotatable bonds is 0. The molecule has 0 amide bonds. The van der Waals surface area contributed by atoms with E-state index in [1.807, 2.05) is 25.1 Å². The molecule has 2 aromatic carbocycles. The highest BCUT2D eigenvalue weighted by Gasteiger charge is 2.06. The number of aryl methyl sites for hydroxylation is 2. The minimum atomic E-state index is 0.389. The molecule has 0 aliphatic rings. The molecule has 0 bridgehead atoms. The highest BCUT2D eigenvalue weighted by atomic mass is 16.3. The number of hydrogen-bond acceptors (Lipinski definition) is 1. The van der Waals surface area contributed by atoms with Crippen molar-refractivity contribution in [2.24, 2.45) is 0 Å². The van der Waals surface area contributed by atoms with Crippen LogP contribution in [0.15, 0.2) is 24.3 Å². The number of phenols is 1. The third-order valence-corrected chi connectivity index (χ3v) is 2.92. The Balaban J connectivity index is 2.99. The van der Waals surface area contributed by atoms with Crippen LogP contribution in [0.5, 0.6) is 5.75 Å². The second-order valence-electron chi connectivity index (χ2n) is 3.82. The molecule has 2 rings (SSSR count). The van der Waals surface area contributed by atoms with E-state index >= 15 is 0 Å². The lowest BCUT2D eigenvalue weighted by Gasteiger charge is -2.10. The van der Waals surface area contributed by atoms with Crippen molar-refractivity contribution < 1.29 is 5.11 Å². The smallest absolute Gasteiger partial charge is 0.119 e. The highest BCUT2D eigenvalue weighted by molar-refractivity contribution is 5.91. The van der Waals surface area contributed by atoms with Gasteiger partial charge in [-0.1, -0.05) is 18.2 Å². The average Bonchev–Trinajstić information content (AvgIpc) is 2.14. The van der Waals surface area contributed by atoms with E-state index in [2.05, 4.69) is 19.9 Å². The van der Waals surface area contributed by atoms with Crippen molar-refractivity contribution in [3.05, 3.63) is 41.0 Å². The zero-order valence-corrected chi connectivity index (χ0v) is 8.76. The maximum absolute atomic E-state index is 9.69. The van der Waals surface area contributed by atoms with Gasteiger partial charge in [-0.2, -0.15) is 0 Å². The Kier molecular flexibility index (Phi) is 1.95. The summed E-state index contributed by atoms with van der Waals surface area (Å²) in [5.41, 5.74) is 3.42. The predicted molar refractivity (Wildman–Crippen MR) is 59.8 cm³/mol. The molecule has 0 saturated heterocycles. The van der Waals surface area contributed by atoms with Crippen LogP contribution in [0.1, 0.15) is 16.7 Å². The Morgan fingerprint density at radius 2 is 1.71 bits per heavy atom. The van der Waals surface area contributed by atoms with Crippen molar-refractivity contribution in [2.75, 3.05) is 0 Å². The first-order valence-corrected chi connectivity index (χ1v) is 4.79. The summed E-state index contributed by atoms with van der Waals surface area (Å²) in [6.45, 7) is 6.12. The van der Waals surface area contributed by atoms with Crippen LogP contribution in [0.3, 0.4) is 0 Å². The number of fused-ring (bicyclic) bond motifs is 1. The fourth-order valence-corrected chi connectivity index (χ4v) is 1.96. The summed E-state index contributed by atoms with van der Waals surface area (Å²) in [6, 6.07) is 8.00. The van der Waals surface area contributed by atoms with Crippen molar-refractivity contribution in [3.63, 3.8) is 0 Å². The maximum atomic E-state index is 9.69. The molecular formula is C13H14O. The molecular weight excluding hydrogens is 172 g/mol. The van der Waals surface area contributed by atoms with Crippen molar-refractivity contribution in [3.8, 4) is 5.75 Å². The lowest BCUT2D eigenvalue weighted by Crippen LogP contribution is -1.87.